The molecule has 3 rings (SSSR count). The van der Waals surface area contributed by atoms with Gasteiger partial charge in [-0.3, -0.25) is 0 Å². The SMILES string of the molecule is Cc1cccc(CSCCNS(=O)(=O)c2ccc3ccccc3c2)c1. The van der Waals surface area contributed by atoms with Gasteiger partial charge in [-0.2, -0.15) is 11.8 Å². The second-order valence-electron chi connectivity index (χ2n) is 5.95. The van der Waals surface area contributed by atoms with Crippen LogP contribution in [0, 0.1) is 6.92 Å². The lowest BCUT2D eigenvalue weighted by molar-refractivity contribution is 0.584. The van der Waals surface area contributed by atoms with Crippen molar-refractivity contribution >= 4 is 32.6 Å². The molecule has 0 amide bonds. The molecule has 0 saturated heterocycles. The molecule has 0 aliphatic rings. The molecule has 0 radical (unpaired) electrons. The van der Waals surface area contributed by atoms with E-state index in [4.69, 9.17) is 0 Å². The van der Waals surface area contributed by atoms with Gasteiger partial charge < -0.3 is 0 Å². The van der Waals surface area contributed by atoms with Crippen molar-refractivity contribution in [3.8, 4) is 0 Å². The Hall–Kier alpha value is -1.82. The van der Waals surface area contributed by atoms with Crippen LogP contribution in [0.5, 0.6) is 0 Å². The van der Waals surface area contributed by atoms with E-state index < -0.39 is 10.0 Å². The Morgan fingerprint density at radius 3 is 2.52 bits per heavy atom. The van der Waals surface area contributed by atoms with E-state index >= 15 is 0 Å². The minimum Gasteiger partial charge on any atom is -0.210 e. The summed E-state index contributed by atoms with van der Waals surface area (Å²) in [6.07, 6.45) is 0. The van der Waals surface area contributed by atoms with Crippen LogP contribution in [0.1, 0.15) is 11.1 Å². The molecule has 3 aromatic rings. The Labute approximate surface area is 153 Å². The highest BCUT2D eigenvalue weighted by Crippen LogP contribution is 2.19. The number of hydrogen-bond acceptors (Lipinski definition) is 3. The highest BCUT2D eigenvalue weighted by molar-refractivity contribution is 7.98. The van der Waals surface area contributed by atoms with Crippen LogP contribution < -0.4 is 4.72 Å². The lowest BCUT2D eigenvalue weighted by atomic mass is 10.1. The molecule has 0 fully saturated rings. The van der Waals surface area contributed by atoms with Crippen LogP contribution in [-0.2, 0) is 15.8 Å². The van der Waals surface area contributed by atoms with Crippen molar-refractivity contribution in [3.63, 3.8) is 0 Å². The number of aryl methyl sites for hydroxylation is 1. The first-order valence-corrected chi connectivity index (χ1v) is 10.8. The van der Waals surface area contributed by atoms with Crippen LogP contribution in [0.4, 0.5) is 0 Å². The van der Waals surface area contributed by atoms with Gasteiger partial charge in [0.05, 0.1) is 4.90 Å². The maximum absolute atomic E-state index is 12.4. The number of thioether (sulfide) groups is 1. The molecule has 0 aliphatic carbocycles. The van der Waals surface area contributed by atoms with E-state index in [1.807, 2.05) is 36.4 Å². The van der Waals surface area contributed by atoms with Crippen LogP contribution in [0.15, 0.2) is 71.6 Å². The number of hydrogen-bond donors (Lipinski definition) is 1. The quantitative estimate of drug-likeness (QED) is 0.628. The Kier molecular flexibility index (Phi) is 5.78. The summed E-state index contributed by atoms with van der Waals surface area (Å²) in [5.41, 5.74) is 2.51. The molecule has 3 aromatic carbocycles. The molecule has 0 spiro atoms. The fourth-order valence-corrected chi connectivity index (χ4v) is 4.66. The van der Waals surface area contributed by atoms with Gasteiger partial charge >= 0.3 is 0 Å². The summed E-state index contributed by atoms with van der Waals surface area (Å²) < 4.78 is 27.6. The number of nitrogens with one attached hydrogen (secondary N) is 1. The van der Waals surface area contributed by atoms with Gasteiger partial charge in [0.1, 0.15) is 0 Å². The van der Waals surface area contributed by atoms with E-state index in [-0.39, 0.29) is 0 Å². The second kappa shape index (κ2) is 8.04. The van der Waals surface area contributed by atoms with Gasteiger partial charge in [0.25, 0.3) is 0 Å². The maximum atomic E-state index is 12.4. The van der Waals surface area contributed by atoms with Crippen LogP contribution in [-0.4, -0.2) is 20.7 Å². The zero-order valence-corrected chi connectivity index (χ0v) is 15.7. The van der Waals surface area contributed by atoms with Crippen molar-refractivity contribution < 1.29 is 8.42 Å². The average Bonchev–Trinajstić information content (AvgIpc) is 2.61. The van der Waals surface area contributed by atoms with Crippen molar-refractivity contribution in [2.45, 2.75) is 17.6 Å². The van der Waals surface area contributed by atoms with Gasteiger partial charge in [0.15, 0.2) is 0 Å². The van der Waals surface area contributed by atoms with Gasteiger partial charge in [-0.25, -0.2) is 13.1 Å². The Morgan fingerprint density at radius 1 is 0.920 bits per heavy atom. The monoisotopic (exact) mass is 371 g/mol. The number of sulfonamides is 1. The molecule has 0 aliphatic heterocycles. The fourth-order valence-electron chi connectivity index (χ4n) is 2.66. The van der Waals surface area contributed by atoms with Crippen molar-refractivity contribution in [3.05, 3.63) is 77.9 Å². The highest BCUT2D eigenvalue weighted by Gasteiger charge is 2.13. The van der Waals surface area contributed by atoms with Gasteiger partial charge in [0.2, 0.25) is 10.0 Å². The molecule has 130 valence electrons. The molecule has 1 N–H and O–H groups in total. The first-order chi connectivity index (χ1) is 12.0. The summed E-state index contributed by atoms with van der Waals surface area (Å²) in [6.45, 7) is 2.50. The van der Waals surface area contributed by atoms with E-state index in [2.05, 4.69) is 29.8 Å². The molecule has 0 unspecified atom stereocenters. The summed E-state index contributed by atoms with van der Waals surface area (Å²) in [4.78, 5) is 0.315. The third-order valence-electron chi connectivity index (χ3n) is 3.92. The van der Waals surface area contributed by atoms with Crippen LogP contribution in [0.2, 0.25) is 0 Å². The highest BCUT2D eigenvalue weighted by atomic mass is 32.2. The number of fused-ring (bicyclic) bond motifs is 1. The van der Waals surface area contributed by atoms with Gasteiger partial charge in [-0.15, -0.1) is 0 Å². The molecule has 0 aromatic heterocycles. The third-order valence-corrected chi connectivity index (χ3v) is 6.41. The standard InChI is InChI=1S/C20H21NO2S2/c1-16-5-4-6-17(13-16)15-24-12-11-21-25(22,23)20-10-9-18-7-2-3-8-19(18)14-20/h2-10,13-14,21H,11-12,15H2,1H3. The van der Waals surface area contributed by atoms with Crippen LogP contribution in [0.3, 0.4) is 0 Å². The molecular weight excluding hydrogens is 350 g/mol. The summed E-state index contributed by atoms with van der Waals surface area (Å²) in [5.74, 6) is 1.63. The summed E-state index contributed by atoms with van der Waals surface area (Å²) >= 11 is 1.73. The predicted molar refractivity (Wildman–Crippen MR) is 106 cm³/mol. The van der Waals surface area contributed by atoms with Crippen molar-refractivity contribution in [1.82, 2.24) is 4.72 Å². The zero-order chi connectivity index (χ0) is 17.7. The normalized spacial score (nSPS) is 11.7. The van der Waals surface area contributed by atoms with E-state index in [0.29, 0.717) is 11.4 Å². The molecule has 5 heteroatoms. The van der Waals surface area contributed by atoms with Gasteiger partial charge in [-0.05, 0) is 35.4 Å². The Morgan fingerprint density at radius 2 is 1.72 bits per heavy atom. The summed E-state index contributed by atoms with van der Waals surface area (Å²) in [7, 11) is -3.47. The molecule has 0 heterocycles. The second-order valence-corrected chi connectivity index (χ2v) is 8.82. The van der Waals surface area contributed by atoms with Crippen LogP contribution in [0.25, 0.3) is 10.8 Å². The maximum Gasteiger partial charge on any atom is 0.240 e. The summed E-state index contributed by atoms with van der Waals surface area (Å²) in [5, 5.41) is 1.97. The topological polar surface area (TPSA) is 46.2 Å². The molecule has 0 atom stereocenters. The van der Waals surface area contributed by atoms with Gasteiger partial charge in [0, 0.05) is 18.1 Å². The third kappa shape index (κ3) is 4.84. The molecule has 3 nitrogen and oxygen atoms in total. The summed E-state index contributed by atoms with van der Waals surface area (Å²) in [6, 6.07) is 21.4. The Bertz CT molecular complexity index is 968. The molecule has 0 bridgehead atoms. The average molecular weight is 372 g/mol. The smallest absolute Gasteiger partial charge is 0.210 e. The number of rotatable bonds is 7. The Balaban J connectivity index is 1.54. The van der Waals surface area contributed by atoms with E-state index in [0.717, 1.165) is 22.3 Å². The first kappa shape index (κ1) is 18.0. The molecule has 0 saturated carbocycles. The minimum atomic E-state index is -3.47. The predicted octanol–water partition coefficient (Wildman–Crippen LogP) is 4.36. The van der Waals surface area contributed by atoms with Crippen molar-refractivity contribution in [2.24, 2.45) is 0 Å². The lowest BCUT2D eigenvalue weighted by Gasteiger charge is -2.08. The van der Waals surface area contributed by atoms with Crippen molar-refractivity contribution in [1.29, 1.82) is 0 Å². The first-order valence-electron chi connectivity index (χ1n) is 8.16. The number of benzene rings is 3. The fraction of sp³-hybridized carbons (Fsp3) is 0.200. The zero-order valence-electron chi connectivity index (χ0n) is 14.1. The van der Waals surface area contributed by atoms with Crippen LogP contribution >= 0.6 is 11.8 Å². The lowest BCUT2D eigenvalue weighted by Crippen LogP contribution is -2.26. The van der Waals surface area contributed by atoms with E-state index in [1.54, 1.807) is 23.9 Å². The van der Waals surface area contributed by atoms with E-state index in [1.165, 1.54) is 11.1 Å². The largest absolute Gasteiger partial charge is 0.240 e. The van der Waals surface area contributed by atoms with E-state index in [9.17, 15) is 8.42 Å². The van der Waals surface area contributed by atoms with Gasteiger partial charge in [-0.1, -0.05) is 60.2 Å². The molecule has 25 heavy (non-hydrogen) atoms. The van der Waals surface area contributed by atoms with Crippen molar-refractivity contribution in [2.75, 3.05) is 12.3 Å². The molecular formula is C20H21NO2S2. The minimum absolute atomic E-state index is 0.315.